The summed E-state index contributed by atoms with van der Waals surface area (Å²) in [5, 5.41) is 0. The van der Waals surface area contributed by atoms with Gasteiger partial charge in [0.1, 0.15) is 18.8 Å². The summed E-state index contributed by atoms with van der Waals surface area (Å²) < 4.78 is 48.3. The number of ether oxygens (including phenoxy) is 9. The summed E-state index contributed by atoms with van der Waals surface area (Å²) in [5.41, 5.74) is -0.510. The van der Waals surface area contributed by atoms with E-state index in [1.165, 1.54) is 70.6 Å². The Labute approximate surface area is 286 Å². The van der Waals surface area contributed by atoms with E-state index in [1.807, 2.05) is 20.8 Å². The van der Waals surface area contributed by atoms with E-state index in [4.69, 9.17) is 42.6 Å². The lowest BCUT2D eigenvalue weighted by molar-refractivity contribution is -0.160. The van der Waals surface area contributed by atoms with Gasteiger partial charge in [-0.1, -0.05) is 84.0 Å². The van der Waals surface area contributed by atoms with Gasteiger partial charge in [-0.15, -0.1) is 0 Å². The molecule has 11 heteroatoms. The van der Waals surface area contributed by atoms with Crippen LogP contribution in [0.5, 0.6) is 0 Å². The largest absolute Gasteiger partial charge is 0.463 e. The van der Waals surface area contributed by atoms with Crippen molar-refractivity contribution in [3.63, 3.8) is 0 Å². The average molecular weight is 679 g/mol. The summed E-state index contributed by atoms with van der Waals surface area (Å²) in [7, 11) is 0. The molecule has 0 spiro atoms. The smallest absolute Gasteiger partial charge is 0.332 e. The highest BCUT2D eigenvalue weighted by molar-refractivity contribution is 5.71. The molecule has 0 atom stereocenters. The van der Waals surface area contributed by atoms with Gasteiger partial charge >= 0.3 is 11.9 Å². The topological polar surface area (TPSA) is 117 Å². The first-order chi connectivity index (χ1) is 22.8. The van der Waals surface area contributed by atoms with Crippen LogP contribution in [0.4, 0.5) is 0 Å². The molecule has 0 aromatic carbocycles. The summed E-state index contributed by atoms with van der Waals surface area (Å²) in [5.74, 6) is -0.521. The summed E-state index contributed by atoms with van der Waals surface area (Å²) in [6.45, 7) is 13.7. The van der Waals surface area contributed by atoms with Gasteiger partial charge in [0.2, 0.25) is 0 Å². The zero-order valence-corrected chi connectivity index (χ0v) is 30.5. The summed E-state index contributed by atoms with van der Waals surface area (Å²) in [6.07, 6.45) is 17.3. The summed E-state index contributed by atoms with van der Waals surface area (Å²) in [6, 6.07) is 0. The fourth-order valence-electron chi connectivity index (χ4n) is 4.42. The molecule has 0 aliphatic carbocycles. The van der Waals surface area contributed by atoms with Crippen LogP contribution in [0, 0.1) is 0 Å². The van der Waals surface area contributed by atoms with Crippen LogP contribution in [0.15, 0.2) is 0 Å². The van der Waals surface area contributed by atoms with E-state index in [0.717, 1.165) is 12.8 Å². The van der Waals surface area contributed by atoms with Gasteiger partial charge in [0.15, 0.2) is 0 Å². The quantitative estimate of drug-likeness (QED) is 0.0532. The minimum Gasteiger partial charge on any atom is -0.463 e. The van der Waals surface area contributed by atoms with E-state index in [-0.39, 0.29) is 25.2 Å². The molecule has 47 heavy (non-hydrogen) atoms. The van der Waals surface area contributed by atoms with E-state index in [1.54, 1.807) is 0 Å². The highest BCUT2D eigenvalue weighted by Crippen LogP contribution is 2.13. The average Bonchev–Trinajstić information content (AvgIpc) is 3.02. The van der Waals surface area contributed by atoms with Crippen molar-refractivity contribution in [2.45, 2.75) is 123 Å². The fourth-order valence-corrected chi connectivity index (χ4v) is 4.42. The number of carbonyl (C=O) groups is 2. The normalized spacial score (nSPS) is 11.7. The predicted molar refractivity (Wildman–Crippen MR) is 183 cm³/mol. The number of unbranched alkanes of at least 4 members (excludes halogenated alkanes) is 12. The lowest BCUT2D eigenvalue weighted by Gasteiger charge is -2.19. The second-order valence-electron chi connectivity index (χ2n) is 12.5. The van der Waals surface area contributed by atoms with E-state index in [0.29, 0.717) is 92.3 Å². The van der Waals surface area contributed by atoms with Crippen molar-refractivity contribution < 1.29 is 52.2 Å². The lowest BCUT2D eigenvalue weighted by Crippen LogP contribution is -2.27. The maximum absolute atomic E-state index is 11.8. The molecule has 0 saturated carbocycles. The summed E-state index contributed by atoms with van der Waals surface area (Å²) in [4.78, 5) is 23.3. The van der Waals surface area contributed by atoms with Gasteiger partial charge in [-0.05, 0) is 27.2 Å². The van der Waals surface area contributed by atoms with Crippen LogP contribution in [-0.4, -0.2) is 117 Å². The molecule has 0 unspecified atom stereocenters. The Kier molecular flexibility index (Phi) is 34.9. The van der Waals surface area contributed by atoms with Crippen molar-refractivity contribution >= 4 is 11.9 Å². The van der Waals surface area contributed by atoms with Crippen molar-refractivity contribution in [3.05, 3.63) is 0 Å². The van der Waals surface area contributed by atoms with Gasteiger partial charge in [0, 0.05) is 6.42 Å². The van der Waals surface area contributed by atoms with Gasteiger partial charge in [-0.2, -0.15) is 0 Å². The van der Waals surface area contributed by atoms with Crippen molar-refractivity contribution in [3.8, 4) is 0 Å². The fraction of sp³-hybridized carbons (Fsp3) is 0.944. The second kappa shape index (κ2) is 36.0. The first kappa shape index (κ1) is 45.7. The Balaban J connectivity index is 3.18. The van der Waals surface area contributed by atoms with Crippen LogP contribution in [-0.2, 0) is 52.2 Å². The molecule has 0 fully saturated rings. The zero-order chi connectivity index (χ0) is 34.5. The minimum atomic E-state index is -0.510. The molecular formula is C36H70O11. The maximum Gasteiger partial charge on any atom is 0.332 e. The molecule has 0 saturated heterocycles. The monoisotopic (exact) mass is 678 g/mol. The molecule has 11 nitrogen and oxygen atoms in total. The molecule has 280 valence electrons. The molecule has 0 aromatic rings. The van der Waals surface area contributed by atoms with Gasteiger partial charge in [0.25, 0.3) is 0 Å². The van der Waals surface area contributed by atoms with E-state index in [9.17, 15) is 9.59 Å². The zero-order valence-electron chi connectivity index (χ0n) is 30.5. The van der Waals surface area contributed by atoms with Crippen molar-refractivity contribution in [2.24, 2.45) is 0 Å². The Bertz CT molecular complexity index is 670. The number of carbonyl (C=O) groups excluding carboxylic acids is 2. The Morgan fingerprint density at radius 2 is 0.723 bits per heavy atom. The number of rotatable bonds is 37. The first-order valence-corrected chi connectivity index (χ1v) is 18.3. The third-order valence-corrected chi connectivity index (χ3v) is 6.85. The first-order valence-electron chi connectivity index (χ1n) is 18.3. The Morgan fingerprint density at radius 3 is 1.09 bits per heavy atom. The Hall–Kier alpha value is -1.34. The van der Waals surface area contributed by atoms with Crippen LogP contribution in [0.25, 0.3) is 0 Å². The minimum absolute atomic E-state index is 0.0825. The van der Waals surface area contributed by atoms with Crippen molar-refractivity contribution in [1.82, 2.24) is 0 Å². The second-order valence-corrected chi connectivity index (χ2v) is 12.5. The third kappa shape index (κ3) is 40.7. The van der Waals surface area contributed by atoms with E-state index >= 15 is 0 Å². The molecule has 0 aliphatic heterocycles. The van der Waals surface area contributed by atoms with Gasteiger partial charge in [-0.25, -0.2) is 4.79 Å². The van der Waals surface area contributed by atoms with Crippen LogP contribution < -0.4 is 0 Å². The molecule has 0 amide bonds. The molecule has 0 aromatic heterocycles. The SMILES string of the molecule is CCCCCCCCCCCCCCCC(=O)OCCOCCOCCOCCOCCOCCOCCOCC(=O)OC(C)(C)C. The number of hydrogen-bond donors (Lipinski definition) is 0. The highest BCUT2D eigenvalue weighted by Gasteiger charge is 2.15. The highest BCUT2D eigenvalue weighted by atomic mass is 16.6. The van der Waals surface area contributed by atoms with Gasteiger partial charge in [0.05, 0.1) is 85.9 Å². The van der Waals surface area contributed by atoms with Gasteiger partial charge < -0.3 is 42.6 Å². The third-order valence-electron chi connectivity index (χ3n) is 6.85. The molecule has 0 aliphatic rings. The molecule has 0 heterocycles. The molecule has 0 radical (unpaired) electrons. The number of hydrogen-bond acceptors (Lipinski definition) is 11. The Morgan fingerprint density at radius 1 is 0.404 bits per heavy atom. The van der Waals surface area contributed by atoms with Crippen LogP contribution >= 0.6 is 0 Å². The number of esters is 2. The van der Waals surface area contributed by atoms with Gasteiger partial charge in [-0.3, -0.25) is 4.79 Å². The predicted octanol–water partition coefficient (Wildman–Crippen LogP) is 6.47. The van der Waals surface area contributed by atoms with E-state index in [2.05, 4.69) is 6.92 Å². The standard InChI is InChI=1S/C36H70O11/c1-5-6-7-8-9-10-11-12-13-14-15-16-17-18-34(37)46-32-31-44-28-27-42-24-23-40-20-19-39-21-22-41-25-26-43-29-30-45-33-35(38)47-36(2,3)4/h5-33H2,1-4H3. The molecule has 0 rings (SSSR count). The molecular weight excluding hydrogens is 608 g/mol. The van der Waals surface area contributed by atoms with E-state index < -0.39 is 5.60 Å². The molecule has 0 N–H and O–H groups in total. The summed E-state index contributed by atoms with van der Waals surface area (Å²) >= 11 is 0. The maximum atomic E-state index is 11.8. The van der Waals surface area contributed by atoms with Crippen molar-refractivity contribution in [2.75, 3.05) is 99.1 Å². The van der Waals surface area contributed by atoms with Crippen molar-refractivity contribution in [1.29, 1.82) is 0 Å². The lowest BCUT2D eigenvalue weighted by atomic mass is 10.0. The van der Waals surface area contributed by atoms with Crippen LogP contribution in [0.1, 0.15) is 118 Å². The molecule has 0 bridgehead atoms. The van der Waals surface area contributed by atoms with Crippen LogP contribution in [0.3, 0.4) is 0 Å². The van der Waals surface area contributed by atoms with Crippen LogP contribution in [0.2, 0.25) is 0 Å².